The van der Waals surface area contributed by atoms with Crippen molar-refractivity contribution < 1.29 is 24.2 Å². The largest absolute Gasteiger partial charge is 0.508 e. The highest BCUT2D eigenvalue weighted by Gasteiger charge is 2.19. The molecule has 2 aromatic carbocycles. The molecule has 2 N–H and O–H groups in total. The molecule has 4 nitrogen and oxygen atoms in total. The monoisotopic (exact) mass is 334 g/mol. The summed E-state index contributed by atoms with van der Waals surface area (Å²) >= 11 is 0. The average Bonchev–Trinajstić information content (AvgIpc) is 2.70. The summed E-state index contributed by atoms with van der Waals surface area (Å²) in [7, 11) is 1.24. The topological polar surface area (TPSA) is 58.6 Å². The Hall–Kier alpha value is -2.33. The molecule has 0 saturated heterocycles. The molecule has 0 radical (unpaired) electrons. The predicted octanol–water partition coefficient (Wildman–Crippen LogP) is 3.70. The van der Waals surface area contributed by atoms with Gasteiger partial charge in [-0.25, -0.2) is 4.79 Å². The van der Waals surface area contributed by atoms with Crippen molar-refractivity contribution >= 4 is 5.97 Å². The van der Waals surface area contributed by atoms with Crippen molar-refractivity contribution in [1.82, 2.24) is 5.32 Å². The molecular weight excluding hydrogens is 302 g/mol. The molecule has 0 heterocycles. The molecule has 1 atom stereocenters. The number of esters is 1. The number of rotatable bonds is 7. The maximum absolute atomic E-state index is 11.9. The van der Waals surface area contributed by atoms with Gasteiger partial charge in [-0.05, 0) is 36.7 Å². The van der Waals surface area contributed by atoms with E-state index >= 15 is 0 Å². The number of nitrogens with one attached hydrogen (secondary N) is 1. The van der Waals surface area contributed by atoms with E-state index in [0.717, 1.165) is 5.56 Å². The summed E-state index contributed by atoms with van der Waals surface area (Å²) in [5, 5.41) is 12.8. The molecule has 4 heteroatoms. The van der Waals surface area contributed by atoms with Gasteiger partial charge in [-0.1, -0.05) is 44.0 Å². The Morgan fingerprint density at radius 2 is 2.04 bits per heavy atom. The third-order valence-electron chi connectivity index (χ3n) is 3.76. The van der Waals surface area contributed by atoms with Crippen LogP contribution in [0.15, 0.2) is 48.5 Å². The standard InChI is InChI=1S/C20H25NO3/c1-14(2)21-12-11-17(15-7-5-4-6-8-15)18-13-16(20(23)24-3)9-10-19(18)22/h4-10,13-14,17,21-22H,11-12H2,1-3H3/i1D3,2D3,14D. The zero-order chi connectivity index (χ0) is 23.4. The number of phenols is 1. The molecule has 0 aromatic heterocycles. The van der Waals surface area contributed by atoms with Crippen molar-refractivity contribution in [2.24, 2.45) is 0 Å². The highest BCUT2D eigenvalue weighted by Crippen LogP contribution is 2.34. The van der Waals surface area contributed by atoms with Crippen molar-refractivity contribution in [2.45, 2.75) is 32.1 Å². The van der Waals surface area contributed by atoms with Gasteiger partial charge in [0.15, 0.2) is 0 Å². The summed E-state index contributed by atoms with van der Waals surface area (Å²) in [5.74, 6) is -1.16. The summed E-state index contributed by atoms with van der Waals surface area (Å²) in [6.45, 7) is -6.32. The van der Waals surface area contributed by atoms with Crippen LogP contribution in [-0.2, 0) is 4.74 Å². The van der Waals surface area contributed by atoms with Crippen LogP contribution >= 0.6 is 0 Å². The van der Waals surface area contributed by atoms with Crippen molar-refractivity contribution in [3.8, 4) is 5.75 Å². The molecule has 24 heavy (non-hydrogen) atoms. The van der Waals surface area contributed by atoms with Gasteiger partial charge in [-0.15, -0.1) is 0 Å². The number of hydrogen-bond donors (Lipinski definition) is 2. The predicted molar refractivity (Wildman–Crippen MR) is 95.5 cm³/mol. The van der Waals surface area contributed by atoms with Gasteiger partial charge >= 0.3 is 5.97 Å². The Labute approximate surface area is 153 Å². The van der Waals surface area contributed by atoms with Crippen LogP contribution in [0.4, 0.5) is 0 Å². The molecule has 0 aliphatic rings. The summed E-state index contributed by atoms with van der Waals surface area (Å²) in [6.07, 6.45) is 0.162. The van der Waals surface area contributed by atoms with Crippen molar-refractivity contribution in [1.29, 1.82) is 0 Å². The van der Waals surface area contributed by atoms with E-state index in [0.29, 0.717) is 5.56 Å². The quantitative estimate of drug-likeness (QED) is 0.758. The third-order valence-corrected chi connectivity index (χ3v) is 3.76. The molecule has 0 bridgehead atoms. The molecule has 2 rings (SSSR count). The smallest absolute Gasteiger partial charge is 0.337 e. The maximum Gasteiger partial charge on any atom is 0.337 e. The second kappa shape index (κ2) is 8.50. The zero-order valence-electron chi connectivity index (χ0n) is 20.4. The number of methoxy groups -OCH3 is 1. The first-order valence-corrected chi connectivity index (χ1v) is 7.53. The van der Waals surface area contributed by atoms with Gasteiger partial charge in [0.2, 0.25) is 0 Å². The van der Waals surface area contributed by atoms with Crippen LogP contribution in [0.3, 0.4) is 0 Å². The van der Waals surface area contributed by atoms with Crippen molar-refractivity contribution in [2.75, 3.05) is 13.7 Å². The van der Waals surface area contributed by atoms with Crippen LogP contribution in [0, 0.1) is 0 Å². The number of aromatic hydroxyl groups is 1. The number of ether oxygens (including phenoxy) is 1. The van der Waals surface area contributed by atoms with E-state index in [1.165, 1.54) is 25.3 Å². The van der Waals surface area contributed by atoms with E-state index in [-0.39, 0.29) is 24.3 Å². The van der Waals surface area contributed by atoms with Crippen LogP contribution in [0.5, 0.6) is 5.75 Å². The summed E-state index contributed by atoms with van der Waals surface area (Å²) in [6, 6.07) is 10.4. The first-order chi connectivity index (χ1) is 14.3. The Balaban J connectivity index is 2.39. The van der Waals surface area contributed by atoms with E-state index in [4.69, 9.17) is 14.3 Å². The minimum absolute atomic E-state index is 0.0784. The molecule has 2 aromatic rings. The van der Waals surface area contributed by atoms with Crippen molar-refractivity contribution in [3.05, 3.63) is 65.2 Å². The van der Waals surface area contributed by atoms with Crippen LogP contribution < -0.4 is 5.32 Å². The average molecular weight is 334 g/mol. The lowest BCUT2D eigenvalue weighted by atomic mass is 9.87. The van der Waals surface area contributed by atoms with Gasteiger partial charge in [0.05, 0.1) is 12.7 Å². The number of benzene rings is 2. The van der Waals surface area contributed by atoms with E-state index < -0.39 is 31.6 Å². The van der Waals surface area contributed by atoms with E-state index in [9.17, 15) is 9.90 Å². The summed E-state index contributed by atoms with van der Waals surface area (Å²) in [4.78, 5) is 11.9. The van der Waals surface area contributed by atoms with E-state index in [1.54, 1.807) is 24.3 Å². The third kappa shape index (κ3) is 4.59. The van der Waals surface area contributed by atoms with E-state index in [2.05, 4.69) is 5.32 Å². The molecule has 1 unspecified atom stereocenters. The number of carbonyl (C=O) groups is 1. The highest BCUT2D eigenvalue weighted by atomic mass is 16.5. The Bertz CT molecular complexity index is 884. The van der Waals surface area contributed by atoms with Gasteiger partial charge < -0.3 is 15.2 Å². The molecule has 128 valence electrons. The second-order valence-corrected chi connectivity index (χ2v) is 5.32. The molecule has 0 amide bonds. The first kappa shape index (κ1) is 10.5. The first-order valence-electron chi connectivity index (χ1n) is 11.0. The van der Waals surface area contributed by atoms with Crippen molar-refractivity contribution in [3.63, 3.8) is 0 Å². The molecular formula is C20H25NO3. The normalized spacial score (nSPS) is 18.0. The number of carbonyl (C=O) groups excluding carboxylic acids is 1. The fourth-order valence-electron chi connectivity index (χ4n) is 2.61. The van der Waals surface area contributed by atoms with Gasteiger partial charge in [0, 0.05) is 27.1 Å². The van der Waals surface area contributed by atoms with Crippen LogP contribution in [0.1, 0.15) is 57.1 Å². The van der Waals surface area contributed by atoms with Gasteiger partial charge in [-0.2, -0.15) is 0 Å². The molecule has 0 fully saturated rings. The van der Waals surface area contributed by atoms with Crippen LogP contribution in [0.25, 0.3) is 0 Å². The molecule has 0 saturated carbocycles. The second-order valence-electron chi connectivity index (χ2n) is 5.32. The zero-order valence-corrected chi connectivity index (χ0v) is 13.4. The lowest BCUT2D eigenvalue weighted by Crippen LogP contribution is -2.25. The Morgan fingerprint density at radius 1 is 1.29 bits per heavy atom. The lowest BCUT2D eigenvalue weighted by molar-refractivity contribution is 0.0600. The van der Waals surface area contributed by atoms with E-state index in [1.807, 2.05) is 6.07 Å². The van der Waals surface area contributed by atoms with Gasteiger partial charge in [0.25, 0.3) is 0 Å². The lowest BCUT2D eigenvalue weighted by Gasteiger charge is -2.21. The maximum atomic E-state index is 11.9. The summed E-state index contributed by atoms with van der Waals surface area (Å²) < 4.78 is 57.9. The Kier molecular flexibility index (Phi) is 3.73. The van der Waals surface area contributed by atoms with Crippen LogP contribution in [0.2, 0.25) is 0 Å². The highest BCUT2D eigenvalue weighted by molar-refractivity contribution is 5.89. The molecule has 0 spiro atoms. The Morgan fingerprint density at radius 3 is 2.71 bits per heavy atom. The minimum atomic E-state index is -3.09. The van der Waals surface area contributed by atoms with Gasteiger partial charge in [0.1, 0.15) is 5.75 Å². The molecule has 0 aliphatic carbocycles. The fourth-order valence-corrected chi connectivity index (χ4v) is 2.61. The number of phenolic OH excluding ortho intramolecular Hbond substituents is 1. The SMILES string of the molecule is [2H]C([2H])([2H])C([2H])(NCCC(c1ccccc1)c1cc(C(=O)OC)ccc1O)C([2H])([2H])[2H]. The van der Waals surface area contributed by atoms with Gasteiger partial charge in [-0.3, -0.25) is 0 Å². The fraction of sp³-hybridized carbons (Fsp3) is 0.350. The van der Waals surface area contributed by atoms with Crippen LogP contribution in [-0.4, -0.2) is 30.7 Å². The minimum Gasteiger partial charge on any atom is -0.508 e. The number of hydrogen-bond acceptors (Lipinski definition) is 4. The summed E-state index contributed by atoms with van der Waals surface area (Å²) in [5.41, 5.74) is 1.39. The molecule has 0 aliphatic heterocycles.